The summed E-state index contributed by atoms with van der Waals surface area (Å²) >= 11 is 1.62. The van der Waals surface area contributed by atoms with Gasteiger partial charge in [0.15, 0.2) is 0 Å². The maximum Gasteiger partial charge on any atom is 0.237 e. The van der Waals surface area contributed by atoms with Crippen molar-refractivity contribution < 1.29 is 9.59 Å². The first-order valence-electron chi connectivity index (χ1n) is 8.68. The Hall–Kier alpha value is -1.53. The number of fused-ring (bicyclic) bond motifs is 1. The summed E-state index contributed by atoms with van der Waals surface area (Å²) < 4.78 is 0. The molecule has 130 valence electrons. The van der Waals surface area contributed by atoms with Crippen LogP contribution in [-0.2, 0) is 15.3 Å². The van der Waals surface area contributed by atoms with E-state index in [9.17, 15) is 9.59 Å². The summed E-state index contributed by atoms with van der Waals surface area (Å²) in [6.07, 6.45) is 4.33. The fraction of sp³-hybridized carbons (Fsp3) is 0.556. The third kappa shape index (κ3) is 4.51. The van der Waals surface area contributed by atoms with Gasteiger partial charge in [-0.2, -0.15) is 0 Å². The molecule has 5 nitrogen and oxygen atoms in total. The van der Waals surface area contributed by atoms with Crippen LogP contribution in [-0.4, -0.2) is 30.2 Å². The number of thioether (sulfide) groups is 1. The second kappa shape index (κ2) is 8.53. The average Bonchev–Trinajstić information content (AvgIpc) is 2.62. The Morgan fingerprint density at radius 2 is 2.00 bits per heavy atom. The van der Waals surface area contributed by atoms with Crippen LogP contribution in [0.4, 0.5) is 0 Å². The lowest BCUT2D eigenvalue weighted by Crippen LogP contribution is -2.62. The lowest BCUT2D eigenvalue weighted by atomic mass is 9.74. The Morgan fingerprint density at radius 3 is 2.83 bits per heavy atom. The molecule has 1 saturated heterocycles. The normalized spacial score (nSPS) is 26.3. The highest BCUT2D eigenvalue weighted by molar-refractivity contribution is 7.99. The Balaban J connectivity index is 1.40. The highest BCUT2D eigenvalue weighted by Gasteiger charge is 2.39. The van der Waals surface area contributed by atoms with Crippen LogP contribution in [0.3, 0.4) is 0 Å². The van der Waals surface area contributed by atoms with E-state index in [4.69, 9.17) is 0 Å². The molecule has 2 amide bonds. The quantitative estimate of drug-likeness (QED) is 0.734. The third-order valence-electron chi connectivity index (χ3n) is 4.92. The van der Waals surface area contributed by atoms with Crippen LogP contribution >= 0.6 is 11.8 Å². The van der Waals surface area contributed by atoms with E-state index in [1.165, 1.54) is 12.0 Å². The Labute approximate surface area is 147 Å². The second-order valence-electron chi connectivity index (χ2n) is 6.58. The van der Waals surface area contributed by atoms with Crippen molar-refractivity contribution in [3.63, 3.8) is 0 Å². The molecular weight excluding hydrogens is 322 g/mol. The van der Waals surface area contributed by atoms with Crippen molar-refractivity contribution in [1.29, 1.82) is 0 Å². The number of hydrazine groups is 1. The van der Waals surface area contributed by atoms with Crippen LogP contribution in [0, 0.1) is 11.8 Å². The molecule has 0 aromatic heterocycles. The summed E-state index contributed by atoms with van der Waals surface area (Å²) in [5.41, 5.74) is 7.09. The van der Waals surface area contributed by atoms with Crippen molar-refractivity contribution >= 4 is 23.6 Å². The molecular formula is C18H25N3O2S. The SMILES string of the molecule is O=C(CSCc1ccccc1)NCC1NNC(=O)C2CCCCC12. The van der Waals surface area contributed by atoms with Crippen LogP contribution in [0.1, 0.15) is 31.2 Å². The van der Waals surface area contributed by atoms with Gasteiger partial charge in [0.1, 0.15) is 0 Å². The number of nitrogens with one attached hydrogen (secondary N) is 3. The molecule has 0 spiro atoms. The fourth-order valence-electron chi connectivity index (χ4n) is 3.64. The van der Waals surface area contributed by atoms with Crippen LogP contribution < -0.4 is 16.2 Å². The zero-order chi connectivity index (χ0) is 16.8. The zero-order valence-corrected chi connectivity index (χ0v) is 14.6. The predicted molar refractivity (Wildman–Crippen MR) is 96.1 cm³/mol. The molecule has 1 heterocycles. The molecule has 6 heteroatoms. The summed E-state index contributed by atoms with van der Waals surface area (Å²) in [5.74, 6) is 1.92. The van der Waals surface area contributed by atoms with Gasteiger partial charge in [-0.3, -0.25) is 15.0 Å². The summed E-state index contributed by atoms with van der Waals surface area (Å²) in [5, 5.41) is 3.01. The highest BCUT2D eigenvalue weighted by atomic mass is 32.2. The van der Waals surface area contributed by atoms with E-state index in [0.717, 1.165) is 25.0 Å². The van der Waals surface area contributed by atoms with Crippen molar-refractivity contribution in [1.82, 2.24) is 16.2 Å². The Morgan fingerprint density at radius 1 is 1.21 bits per heavy atom. The van der Waals surface area contributed by atoms with E-state index in [1.54, 1.807) is 11.8 Å². The predicted octanol–water partition coefficient (Wildman–Crippen LogP) is 1.85. The molecule has 0 bridgehead atoms. The number of carbonyl (C=O) groups excluding carboxylic acids is 2. The minimum Gasteiger partial charge on any atom is -0.354 e. The molecule has 3 N–H and O–H groups in total. The minimum atomic E-state index is 0.0574. The zero-order valence-electron chi connectivity index (χ0n) is 13.8. The second-order valence-corrected chi connectivity index (χ2v) is 7.56. The summed E-state index contributed by atoms with van der Waals surface area (Å²) in [6, 6.07) is 10.3. The molecule has 2 fully saturated rings. The number of hydrogen-bond donors (Lipinski definition) is 3. The monoisotopic (exact) mass is 347 g/mol. The average molecular weight is 347 g/mol. The molecule has 1 aliphatic heterocycles. The Kier molecular flexibility index (Phi) is 6.15. The molecule has 1 aromatic carbocycles. The fourth-order valence-corrected chi connectivity index (χ4v) is 4.46. The third-order valence-corrected chi connectivity index (χ3v) is 5.92. The summed E-state index contributed by atoms with van der Waals surface area (Å²) in [6.45, 7) is 0.576. The molecule has 2 aliphatic rings. The van der Waals surface area contributed by atoms with Gasteiger partial charge in [0.2, 0.25) is 11.8 Å². The molecule has 24 heavy (non-hydrogen) atoms. The van der Waals surface area contributed by atoms with Crippen LogP contribution in [0.2, 0.25) is 0 Å². The van der Waals surface area contributed by atoms with Gasteiger partial charge in [0, 0.05) is 24.3 Å². The van der Waals surface area contributed by atoms with Gasteiger partial charge in [0.05, 0.1) is 5.75 Å². The van der Waals surface area contributed by atoms with Crippen LogP contribution in [0.15, 0.2) is 30.3 Å². The van der Waals surface area contributed by atoms with Gasteiger partial charge in [-0.1, -0.05) is 43.2 Å². The first kappa shape index (κ1) is 17.3. The van der Waals surface area contributed by atoms with Gasteiger partial charge in [0.25, 0.3) is 0 Å². The largest absolute Gasteiger partial charge is 0.354 e. The number of rotatable bonds is 6. The first-order chi connectivity index (χ1) is 11.7. The molecule has 3 rings (SSSR count). The van der Waals surface area contributed by atoms with Gasteiger partial charge in [-0.25, -0.2) is 5.43 Å². The van der Waals surface area contributed by atoms with Crippen LogP contribution in [0.25, 0.3) is 0 Å². The number of amides is 2. The van der Waals surface area contributed by atoms with E-state index in [-0.39, 0.29) is 23.8 Å². The first-order valence-corrected chi connectivity index (χ1v) is 9.83. The lowest BCUT2D eigenvalue weighted by molar-refractivity contribution is -0.133. The van der Waals surface area contributed by atoms with E-state index >= 15 is 0 Å². The topological polar surface area (TPSA) is 70.2 Å². The lowest BCUT2D eigenvalue weighted by Gasteiger charge is -2.41. The van der Waals surface area contributed by atoms with E-state index in [0.29, 0.717) is 18.2 Å². The molecule has 3 atom stereocenters. The van der Waals surface area contributed by atoms with E-state index in [2.05, 4.69) is 28.3 Å². The number of carbonyl (C=O) groups is 2. The van der Waals surface area contributed by atoms with Gasteiger partial charge >= 0.3 is 0 Å². The summed E-state index contributed by atoms with van der Waals surface area (Å²) in [4.78, 5) is 24.0. The van der Waals surface area contributed by atoms with Gasteiger partial charge in [-0.15, -0.1) is 11.8 Å². The standard InChI is InChI=1S/C18H25N3O2S/c22-17(12-24-11-13-6-2-1-3-7-13)19-10-16-14-8-4-5-9-15(14)18(23)21-20-16/h1-3,6-7,14-16,20H,4-5,8-12H2,(H,19,22)(H,21,23). The van der Waals surface area contributed by atoms with Crippen molar-refractivity contribution in [3.05, 3.63) is 35.9 Å². The maximum absolute atomic E-state index is 12.1. The molecule has 1 saturated carbocycles. The van der Waals surface area contributed by atoms with Crippen LogP contribution in [0.5, 0.6) is 0 Å². The summed E-state index contributed by atoms with van der Waals surface area (Å²) in [7, 11) is 0. The minimum absolute atomic E-state index is 0.0574. The molecule has 3 unspecified atom stereocenters. The number of benzene rings is 1. The maximum atomic E-state index is 12.1. The van der Waals surface area contributed by atoms with Crippen molar-refractivity contribution in [2.45, 2.75) is 37.5 Å². The van der Waals surface area contributed by atoms with Crippen molar-refractivity contribution in [2.24, 2.45) is 11.8 Å². The van der Waals surface area contributed by atoms with E-state index in [1.807, 2.05) is 18.2 Å². The smallest absolute Gasteiger partial charge is 0.237 e. The number of hydrogen-bond acceptors (Lipinski definition) is 4. The van der Waals surface area contributed by atoms with Crippen molar-refractivity contribution in [3.8, 4) is 0 Å². The Bertz CT molecular complexity index is 567. The molecule has 1 aromatic rings. The van der Waals surface area contributed by atoms with Gasteiger partial charge < -0.3 is 5.32 Å². The van der Waals surface area contributed by atoms with Gasteiger partial charge in [-0.05, 0) is 24.3 Å². The molecule has 1 aliphatic carbocycles. The highest BCUT2D eigenvalue weighted by Crippen LogP contribution is 2.34. The van der Waals surface area contributed by atoms with Crippen molar-refractivity contribution in [2.75, 3.05) is 12.3 Å². The van der Waals surface area contributed by atoms with E-state index < -0.39 is 0 Å². The molecule has 0 radical (unpaired) electrons.